The van der Waals surface area contributed by atoms with E-state index in [0.29, 0.717) is 24.8 Å². The highest BCUT2D eigenvalue weighted by Gasteiger charge is 2.37. The number of hydrogen-bond acceptors (Lipinski definition) is 6. The van der Waals surface area contributed by atoms with Crippen LogP contribution in [0.2, 0.25) is 0 Å². The van der Waals surface area contributed by atoms with Gasteiger partial charge in [0.15, 0.2) is 0 Å². The number of rotatable bonds is 7. The fourth-order valence-electron chi connectivity index (χ4n) is 5.64. The van der Waals surface area contributed by atoms with E-state index in [-0.39, 0.29) is 23.3 Å². The van der Waals surface area contributed by atoms with Crippen LogP contribution >= 0.6 is 0 Å². The Morgan fingerprint density at radius 1 is 1.09 bits per heavy atom. The van der Waals surface area contributed by atoms with Gasteiger partial charge in [-0.05, 0) is 57.4 Å². The average Bonchev–Trinajstić information content (AvgIpc) is 2.71. The zero-order chi connectivity index (χ0) is 23.9. The minimum Gasteiger partial charge on any atom is -0.393 e. The molecule has 2 heterocycles. The van der Waals surface area contributed by atoms with Crippen molar-refractivity contribution < 1.29 is 9.90 Å². The number of piperazine rings is 1. The van der Waals surface area contributed by atoms with Gasteiger partial charge in [0.2, 0.25) is 5.91 Å². The lowest BCUT2D eigenvalue weighted by atomic mass is 9.76. The predicted octanol–water partition coefficient (Wildman–Crippen LogP) is 3.22. The molecule has 4 fully saturated rings. The van der Waals surface area contributed by atoms with E-state index < -0.39 is 0 Å². The second-order valence-electron chi connectivity index (χ2n) is 12.3. The van der Waals surface area contributed by atoms with Crippen LogP contribution in [0.3, 0.4) is 0 Å². The van der Waals surface area contributed by atoms with E-state index in [4.69, 9.17) is 9.97 Å². The maximum atomic E-state index is 12.1. The highest BCUT2D eigenvalue weighted by Crippen LogP contribution is 2.37. The van der Waals surface area contributed by atoms with Gasteiger partial charge in [-0.15, -0.1) is 0 Å². The van der Waals surface area contributed by atoms with Crippen molar-refractivity contribution in [3.63, 3.8) is 0 Å². The fraction of sp³-hybridized carbons (Fsp3) is 0.815. The standard InChI is InChI=1S/C27H43N5O2/c1-27(2,3)26-29-23(19-5-4-6-19)17-24(30-26)32-11-9-31(10-12-32)8-7-18-13-21(14-18)28-25(34)20-15-22(33)16-20/h17-22,33H,4-16H2,1-3H3,(H,28,34)/t18-,20-,21+,22-. The van der Waals surface area contributed by atoms with Crippen molar-refractivity contribution in [3.05, 3.63) is 17.6 Å². The van der Waals surface area contributed by atoms with Crippen molar-refractivity contribution in [2.24, 2.45) is 11.8 Å². The van der Waals surface area contributed by atoms with Gasteiger partial charge in [0.25, 0.3) is 0 Å². The first kappa shape index (κ1) is 24.0. The molecule has 0 aromatic carbocycles. The summed E-state index contributed by atoms with van der Waals surface area (Å²) in [6.45, 7) is 12.0. The van der Waals surface area contributed by atoms with Crippen LogP contribution in [0, 0.1) is 11.8 Å². The zero-order valence-electron chi connectivity index (χ0n) is 21.3. The van der Waals surface area contributed by atoms with Crippen molar-refractivity contribution in [3.8, 4) is 0 Å². The summed E-state index contributed by atoms with van der Waals surface area (Å²) in [4.78, 5) is 27.2. The van der Waals surface area contributed by atoms with Gasteiger partial charge in [0.05, 0.1) is 6.10 Å². The third-order valence-electron chi connectivity index (χ3n) is 8.54. The van der Waals surface area contributed by atoms with Crippen LogP contribution in [0.25, 0.3) is 0 Å². The van der Waals surface area contributed by atoms with Crippen molar-refractivity contribution in [2.75, 3.05) is 37.6 Å². The Hall–Kier alpha value is -1.73. The van der Waals surface area contributed by atoms with Crippen LogP contribution in [0.5, 0.6) is 0 Å². The maximum Gasteiger partial charge on any atom is 0.223 e. The molecule has 188 valence electrons. The van der Waals surface area contributed by atoms with Crippen LogP contribution in [-0.4, -0.2) is 70.8 Å². The van der Waals surface area contributed by atoms with Gasteiger partial charge in [-0.25, -0.2) is 9.97 Å². The Morgan fingerprint density at radius 2 is 1.79 bits per heavy atom. The van der Waals surface area contributed by atoms with Crippen LogP contribution < -0.4 is 10.2 Å². The molecule has 5 rings (SSSR count). The SMILES string of the molecule is CC(C)(C)c1nc(C2CCC2)cc(N2CCN(CC[C@H]3C[C@@H](NC(=O)[C@H]4C[C@H](O)C4)C3)CC2)n1. The van der Waals surface area contributed by atoms with Crippen LogP contribution in [0.1, 0.15) is 89.6 Å². The number of carbonyl (C=O) groups excluding carboxylic acids is 1. The molecule has 1 aromatic heterocycles. The second kappa shape index (κ2) is 9.73. The maximum absolute atomic E-state index is 12.1. The smallest absolute Gasteiger partial charge is 0.223 e. The van der Waals surface area contributed by atoms with E-state index in [1.807, 2.05) is 0 Å². The van der Waals surface area contributed by atoms with Crippen molar-refractivity contribution in [1.29, 1.82) is 0 Å². The number of aromatic nitrogens is 2. The molecule has 7 heteroatoms. The molecule has 3 saturated carbocycles. The number of carbonyl (C=O) groups is 1. The Morgan fingerprint density at radius 3 is 2.38 bits per heavy atom. The van der Waals surface area contributed by atoms with Gasteiger partial charge >= 0.3 is 0 Å². The summed E-state index contributed by atoms with van der Waals surface area (Å²) in [5.41, 5.74) is 1.22. The summed E-state index contributed by atoms with van der Waals surface area (Å²) < 4.78 is 0. The normalized spacial score (nSPS) is 30.3. The summed E-state index contributed by atoms with van der Waals surface area (Å²) in [6, 6.07) is 2.62. The molecule has 3 aliphatic carbocycles. The van der Waals surface area contributed by atoms with Crippen LogP contribution in [-0.2, 0) is 10.2 Å². The molecule has 34 heavy (non-hydrogen) atoms. The summed E-state index contributed by atoms with van der Waals surface area (Å²) in [7, 11) is 0. The number of nitrogens with zero attached hydrogens (tertiary/aromatic N) is 4. The highest BCUT2D eigenvalue weighted by atomic mass is 16.3. The number of nitrogens with one attached hydrogen (secondary N) is 1. The van der Waals surface area contributed by atoms with E-state index in [1.165, 1.54) is 31.4 Å². The molecule has 0 radical (unpaired) electrons. The van der Waals surface area contributed by atoms with E-state index >= 15 is 0 Å². The van der Waals surface area contributed by atoms with Gasteiger partial charge in [-0.3, -0.25) is 9.69 Å². The fourth-order valence-corrected chi connectivity index (χ4v) is 5.64. The van der Waals surface area contributed by atoms with E-state index in [2.05, 4.69) is 42.0 Å². The summed E-state index contributed by atoms with van der Waals surface area (Å²) in [5.74, 6) is 3.67. The molecule has 4 aliphatic rings. The topological polar surface area (TPSA) is 81.6 Å². The molecule has 2 N–H and O–H groups in total. The van der Waals surface area contributed by atoms with Gasteiger partial charge in [0, 0.05) is 61.2 Å². The number of hydrogen-bond donors (Lipinski definition) is 2. The summed E-state index contributed by atoms with van der Waals surface area (Å²) >= 11 is 0. The van der Waals surface area contributed by atoms with E-state index in [9.17, 15) is 9.90 Å². The molecule has 1 aromatic rings. The van der Waals surface area contributed by atoms with E-state index in [1.54, 1.807) is 0 Å². The molecular formula is C27H43N5O2. The van der Waals surface area contributed by atoms with Gasteiger partial charge in [-0.1, -0.05) is 27.2 Å². The lowest BCUT2D eigenvalue weighted by Crippen LogP contribution is -2.51. The third-order valence-corrected chi connectivity index (χ3v) is 8.54. The van der Waals surface area contributed by atoms with Crippen molar-refractivity contribution in [2.45, 2.75) is 95.6 Å². The first-order chi connectivity index (χ1) is 16.2. The molecular weight excluding hydrogens is 426 g/mol. The lowest BCUT2D eigenvalue weighted by molar-refractivity contribution is -0.133. The summed E-state index contributed by atoms with van der Waals surface area (Å²) in [5, 5.41) is 12.6. The molecule has 1 amide bonds. The number of anilines is 1. The monoisotopic (exact) mass is 469 g/mol. The van der Waals surface area contributed by atoms with Gasteiger partial charge in [-0.2, -0.15) is 0 Å². The van der Waals surface area contributed by atoms with Crippen molar-refractivity contribution >= 4 is 11.7 Å². The third kappa shape index (κ3) is 5.40. The molecule has 1 aliphatic heterocycles. The molecule has 0 unspecified atom stereocenters. The largest absolute Gasteiger partial charge is 0.393 e. The molecule has 0 atom stereocenters. The van der Waals surface area contributed by atoms with Gasteiger partial charge < -0.3 is 15.3 Å². The quantitative estimate of drug-likeness (QED) is 0.638. The second-order valence-corrected chi connectivity index (χ2v) is 12.3. The first-order valence-electron chi connectivity index (χ1n) is 13.6. The van der Waals surface area contributed by atoms with Crippen LogP contribution in [0.4, 0.5) is 5.82 Å². The highest BCUT2D eigenvalue weighted by molar-refractivity contribution is 5.80. The molecule has 0 spiro atoms. The predicted molar refractivity (Wildman–Crippen MR) is 134 cm³/mol. The Bertz CT molecular complexity index is 860. The number of aliphatic hydroxyl groups excluding tert-OH is 1. The minimum absolute atomic E-state index is 0.0322. The Labute approximate surface area is 204 Å². The Balaban J connectivity index is 1.06. The molecule has 1 saturated heterocycles. The zero-order valence-corrected chi connectivity index (χ0v) is 21.3. The first-order valence-corrected chi connectivity index (χ1v) is 13.6. The number of aliphatic hydroxyl groups is 1. The average molecular weight is 470 g/mol. The van der Waals surface area contributed by atoms with Crippen molar-refractivity contribution in [1.82, 2.24) is 20.2 Å². The van der Waals surface area contributed by atoms with E-state index in [0.717, 1.165) is 63.1 Å². The minimum atomic E-state index is -0.259. The molecule has 0 bridgehead atoms. The Kier molecular flexibility index (Phi) is 6.86. The van der Waals surface area contributed by atoms with Gasteiger partial charge in [0.1, 0.15) is 11.6 Å². The molecule has 7 nitrogen and oxygen atoms in total. The number of amides is 1. The lowest BCUT2D eigenvalue weighted by Gasteiger charge is -2.40. The van der Waals surface area contributed by atoms with Crippen LogP contribution in [0.15, 0.2) is 6.07 Å². The summed E-state index contributed by atoms with van der Waals surface area (Å²) in [6.07, 6.45) is 8.33.